The number of carbonyl (C=O) groups is 3. The quantitative estimate of drug-likeness (QED) is 0.495. The van der Waals surface area contributed by atoms with Gasteiger partial charge in [-0.15, -0.1) is 0 Å². The number of carbonyl (C=O) groups excluding carboxylic acids is 3. The Bertz CT molecular complexity index is 1030. The van der Waals surface area contributed by atoms with Gasteiger partial charge in [-0.3, -0.25) is 14.4 Å². The van der Waals surface area contributed by atoms with Crippen molar-refractivity contribution in [1.82, 2.24) is 5.32 Å². The van der Waals surface area contributed by atoms with E-state index in [0.29, 0.717) is 16.9 Å². The van der Waals surface area contributed by atoms with Gasteiger partial charge >= 0.3 is 0 Å². The van der Waals surface area contributed by atoms with Crippen LogP contribution in [0.2, 0.25) is 0 Å². The zero-order valence-electron chi connectivity index (χ0n) is 15.8. The van der Waals surface area contributed by atoms with Crippen molar-refractivity contribution >= 4 is 62.5 Å². The summed E-state index contributed by atoms with van der Waals surface area (Å²) in [5.41, 5.74) is 1.95. The summed E-state index contributed by atoms with van der Waals surface area (Å²) >= 11 is 5.13. The summed E-state index contributed by atoms with van der Waals surface area (Å²) in [6, 6.07) is 12.3. The predicted octanol–water partition coefficient (Wildman–Crippen LogP) is 3.57. The summed E-state index contributed by atoms with van der Waals surface area (Å²) in [5, 5.41) is 11.8. The predicted molar refractivity (Wildman–Crippen MR) is 123 cm³/mol. The van der Waals surface area contributed by atoms with Crippen molar-refractivity contribution in [2.24, 2.45) is 0 Å². The first kappa shape index (κ1) is 20.5. The van der Waals surface area contributed by atoms with Crippen molar-refractivity contribution in [2.75, 3.05) is 27.5 Å². The fraction of sp³-hybridized carbons (Fsp3) is 0.190. The number of anilines is 3. The summed E-state index contributed by atoms with van der Waals surface area (Å²) in [4.78, 5) is 36.7. The van der Waals surface area contributed by atoms with E-state index in [0.717, 1.165) is 40.2 Å². The molecule has 1 spiro atoms. The lowest BCUT2D eigenvalue weighted by molar-refractivity contribution is -0.114. The van der Waals surface area contributed by atoms with E-state index in [1.165, 1.54) is 0 Å². The molecule has 1 saturated heterocycles. The van der Waals surface area contributed by atoms with Crippen LogP contribution in [0.3, 0.4) is 0 Å². The van der Waals surface area contributed by atoms with Gasteiger partial charge in [-0.05, 0) is 54.6 Å². The number of halogens is 1. The van der Waals surface area contributed by atoms with Gasteiger partial charge in [-0.1, -0.05) is 15.9 Å². The van der Waals surface area contributed by atoms with Gasteiger partial charge in [0.15, 0.2) is 0 Å². The van der Waals surface area contributed by atoms with Crippen molar-refractivity contribution in [2.45, 2.75) is 12.1 Å². The minimum absolute atomic E-state index is 0.160. The highest BCUT2D eigenvalue weighted by Gasteiger charge is 2.40. The highest BCUT2D eigenvalue weighted by molar-refractivity contribution is 9.10. The van der Waals surface area contributed by atoms with E-state index in [2.05, 4.69) is 37.2 Å². The van der Waals surface area contributed by atoms with E-state index in [9.17, 15) is 14.4 Å². The average Bonchev–Trinajstić information content (AvgIpc) is 3.16. The number of hydrogen-bond donors (Lipinski definition) is 4. The highest BCUT2D eigenvalue weighted by Crippen LogP contribution is 2.35. The standard InChI is InChI=1S/C21H19BrN4O3S/c22-13-1-3-14(4-2-13)23-18(27)7-8-19(28)24-15-5-6-17-16(11-15)20(29)26-21(25-17)9-10-30-12-21/h1-8,11,25H,9-10,12H2,(H,23,27)(H,24,28)(H,26,29)/b8-7+. The third-order valence-electron chi connectivity index (χ3n) is 4.78. The van der Waals surface area contributed by atoms with Crippen LogP contribution in [0.25, 0.3) is 0 Å². The second-order valence-corrected chi connectivity index (χ2v) is 9.06. The van der Waals surface area contributed by atoms with Gasteiger partial charge < -0.3 is 21.3 Å². The Balaban J connectivity index is 1.37. The summed E-state index contributed by atoms with van der Waals surface area (Å²) < 4.78 is 0.904. The molecule has 9 heteroatoms. The molecule has 2 heterocycles. The maximum atomic E-state index is 12.6. The molecule has 2 aliphatic heterocycles. The van der Waals surface area contributed by atoms with Gasteiger partial charge in [0.05, 0.1) is 5.56 Å². The van der Waals surface area contributed by atoms with Crippen LogP contribution in [0.1, 0.15) is 16.8 Å². The lowest BCUT2D eigenvalue weighted by Gasteiger charge is -2.37. The number of benzene rings is 2. The molecule has 4 rings (SSSR count). The van der Waals surface area contributed by atoms with Crippen LogP contribution >= 0.6 is 27.7 Å². The zero-order chi connectivity index (χ0) is 21.1. The lowest BCUT2D eigenvalue weighted by atomic mass is 10.0. The van der Waals surface area contributed by atoms with Crippen LogP contribution in [0.15, 0.2) is 59.1 Å². The van der Waals surface area contributed by atoms with Crippen LogP contribution < -0.4 is 21.3 Å². The summed E-state index contributed by atoms with van der Waals surface area (Å²) in [6.45, 7) is 0. The van der Waals surface area contributed by atoms with Crippen LogP contribution in [-0.4, -0.2) is 34.9 Å². The maximum absolute atomic E-state index is 12.6. The number of hydrogen-bond acceptors (Lipinski definition) is 5. The molecule has 2 aliphatic rings. The molecule has 2 aromatic carbocycles. The van der Waals surface area contributed by atoms with E-state index in [1.807, 2.05) is 0 Å². The van der Waals surface area contributed by atoms with Gasteiger partial charge in [-0.25, -0.2) is 0 Å². The molecular weight excluding hydrogens is 468 g/mol. The smallest absolute Gasteiger partial charge is 0.255 e. The van der Waals surface area contributed by atoms with E-state index < -0.39 is 11.8 Å². The van der Waals surface area contributed by atoms with Crippen molar-refractivity contribution in [3.8, 4) is 0 Å². The summed E-state index contributed by atoms with van der Waals surface area (Å²) in [5.74, 6) is 0.782. The molecule has 1 atom stereocenters. The third kappa shape index (κ3) is 4.68. The molecule has 3 amide bonds. The summed E-state index contributed by atoms with van der Waals surface area (Å²) in [7, 11) is 0. The molecule has 4 N–H and O–H groups in total. The lowest BCUT2D eigenvalue weighted by Crippen LogP contribution is -2.57. The van der Waals surface area contributed by atoms with Crippen LogP contribution in [-0.2, 0) is 9.59 Å². The van der Waals surface area contributed by atoms with E-state index in [4.69, 9.17) is 0 Å². The second kappa shape index (κ2) is 8.53. The fourth-order valence-corrected chi connectivity index (χ4v) is 4.85. The SMILES string of the molecule is O=C(/C=C/C(=O)Nc1ccc2c(c1)C(=O)NC1(CCSC1)N2)Nc1ccc(Br)cc1. The molecule has 0 bridgehead atoms. The van der Waals surface area contributed by atoms with E-state index in [-0.39, 0.29) is 11.6 Å². The Labute approximate surface area is 186 Å². The Hall–Kier alpha value is -2.78. The Morgan fingerprint density at radius 3 is 2.33 bits per heavy atom. The first-order valence-corrected chi connectivity index (χ1v) is 11.3. The third-order valence-corrected chi connectivity index (χ3v) is 6.50. The fourth-order valence-electron chi connectivity index (χ4n) is 3.31. The van der Waals surface area contributed by atoms with Gasteiger partial charge in [0.25, 0.3) is 5.91 Å². The minimum atomic E-state index is -0.464. The molecule has 0 aromatic heterocycles. The second-order valence-electron chi connectivity index (χ2n) is 7.04. The molecule has 0 saturated carbocycles. The minimum Gasteiger partial charge on any atom is -0.361 e. The monoisotopic (exact) mass is 486 g/mol. The number of fused-ring (bicyclic) bond motifs is 1. The highest BCUT2D eigenvalue weighted by atomic mass is 79.9. The topological polar surface area (TPSA) is 99.3 Å². The van der Waals surface area contributed by atoms with Gasteiger partial charge in [0, 0.05) is 39.4 Å². The normalized spacial score (nSPS) is 19.8. The molecule has 0 radical (unpaired) electrons. The molecular formula is C21H19BrN4O3S. The van der Waals surface area contributed by atoms with Crippen LogP contribution in [0.4, 0.5) is 17.1 Å². The van der Waals surface area contributed by atoms with Crippen LogP contribution in [0, 0.1) is 0 Å². The molecule has 1 fully saturated rings. The van der Waals surface area contributed by atoms with Crippen LogP contribution in [0.5, 0.6) is 0 Å². The van der Waals surface area contributed by atoms with E-state index in [1.54, 1.807) is 54.2 Å². The number of nitrogens with one attached hydrogen (secondary N) is 4. The maximum Gasteiger partial charge on any atom is 0.255 e. The van der Waals surface area contributed by atoms with Crippen molar-refractivity contribution in [3.63, 3.8) is 0 Å². The van der Waals surface area contributed by atoms with Gasteiger partial charge in [0.1, 0.15) is 5.66 Å². The summed E-state index contributed by atoms with van der Waals surface area (Å²) in [6.07, 6.45) is 3.18. The number of amides is 3. The van der Waals surface area contributed by atoms with E-state index >= 15 is 0 Å². The Morgan fingerprint density at radius 2 is 1.67 bits per heavy atom. The van der Waals surface area contributed by atoms with Gasteiger partial charge in [-0.2, -0.15) is 11.8 Å². The Morgan fingerprint density at radius 1 is 1.00 bits per heavy atom. The Kier molecular flexibility index (Phi) is 5.83. The molecule has 30 heavy (non-hydrogen) atoms. The molecule has 2 aromatic rings. The van der Waals surface area contributed by atoms with Crippen molar-refractivity contribution < 1.29 is 14.4 Å². The van der Waals surface area contributed by atoms with Crippen molar-refractivity contribution in [3.05, 3.63) is 64.7 Å². The number of rotatable bonds is 4. The number of thioether (sulfide) groups is 1. The molecule has 7 nitrogen and oxygen atoms in total. The zero-order valence-corrected chi connectivity index (χ0v) is 18.2. The first-order valence-electron chi connectivity index (χ1n) is 9.31. The molecule has 0 aliphatic carbocycles. The van der Waals surface area contributed by atoms with Crippen molar-refractivity contribution in [1.29, 1.82) is 0 Å². The molecule has 154 valence electrons. The van der Waals surface area contributed by atoms with Gasteiger partial charge in [0.2, 0.25) is 11.8 Å². The molecule has 1 unspecified atom stereocenters. The largest absolute Gasteiger partial charge is 0.361 e. The first-order chi connectivity index (χ1) is 14.4. The average molecular weight is 487 g/mol.